The monoisotopic (exact) mass is 188 g/mol. The van der Waals surface area contributed by atoms with Gasteiger partial charge < -0.3 is 4.74 Å². The highest BCUT2D eigenvalue weighted by Gasteiger charge is 2.43. The molecule has 0 radical (unpaired) electrons. The van der Waals surface area contributed by atoms with Crippen molar-refractivity contribution in [1.82, 2.24) is 0 Å². The number of hydrogen-bond donors (Lipinski definition) is 0. The van der Waals surface area contributed by atoms with E-state index in [4.69, 9.17) is 4.74 Å². The summed E-state index contributed by atoms with van der Waals surface area (Å²) in [7, 11) is 0. The number of carbonyl (C=O) groups is 1. The first-order valence-corrected chi connectivity index (χ1v) is 5.42. The summed E-state index contributed by atoms with van der Waals surface area (Å²) in [6, 6.07) is 0. The van der Waals surface area contributed by atoms with Gasteiger partial charge in [0.25, 0.3) is 0 Å². The summed E-state index contributed by atoms with van der Waals surface area (Å²) in [5, 5.41) is 0.0245. The molecule has 0 aromatic heterocycles. The molecule has 0 aromatic carbocycles. The third kappa shape index (κ3) is 1.76. The molecule has 12 heavy (non-hydrogen) atoms. The minimum Gasteiger partial charge on any atom is -0.447 e. The fourth-order valence-corrected chi connectivity index (χ4v) is 2.89. The summed E-state index contributed by atoms with van der Waals surface area (Å²) in [5.74, 6) is -0.0460. The zero-order chi connectivity index (χ0) is 9.19. The molecule has 2 atom stereocenters. The Kier molecular flexibility index (Phi) is 3.04. The van der Waals surface area contributed by atoms with E-state index in [-0.39, 0.29) is 16.2 Å². The van der Waals surface area contributed by atoms with Crippen LogP contribution in [0.1, 0.15) is 40.0 Å². The van der Waals surface area contributed by atoms with Crippen LogP contribution in [0.25, 0.3) is 0 Å². The lowest BCUT2D eigenvalue weighted by molar-refractivity contribution is -0.148. The molecule has 0 amide bonds. The van der Waals surface area contributed by atoms with Gasteiger partial charge in [0, 0.05) is 0 Å². The van der Waals surface area contributed by atoms with Crippen molar-refractivity contribution in [3.8, 4) is 0 Å². The van der Waals surface area contributed by atoms with Crippen molar-refractivity contribution >= 4 is 17.7 Å². The first-order valence-electron chi connectivity index (χ1n) is 4.54. The Morgan fingerprint density at radius 3 is 2.58 bits per heavy atom. The van der Waals surface area contributed by atoms with Gasteiger partial charge in [0.15, 0.2) is 4.93 Å². The van der Waals surface area contributed by atoms with Gasteiger partial charge in [0.1, 0.15) is 5.25 Å². The predicted octanol–water partition coefficient (Wildman–Crippen LogP) is 2.57. The van der Waals surface area contributed by atoms with Crippen molar-refractivity contribution < 1.29 is 9.53 Å². The standard InChI is InChI=1S/C9H16O2S/c1-4-6-9(5-2)11-8(10)7(3)12-9/h7H,4-6H2,1-3H3. The highest BCUT2D eigenvalue weighted by molar-refractivity contribution is 8.02. The normalized spacial score (nSPS) is 35.2. The summed E-state index contributed by atoms with van der Waals surface area (Å²) < 4.78 is 5.37. The Bertz CT molecular complexity index is 181. The van der Waals surface area contributed by atoms with E-state index in [2.05, 4.69) is 13.8 Å². The lowest BCUT2D eigenvalue weighted by atomic mass is 10.1. The van der Waals surface area contributed by atoms with Crippen LogP contribution >= 0.6 is 11.8 Å². The van der Waals surface area contributed by atoms with Crippen molar-refractivity contribution in [2.75, 3.05) is 0 Å². The fraction of sp³-hybridized carbons (Fsp3) is 0.889. The number of rotatable bonds is 3. The molecule has 1 aliphatic rings. The zero-order valence-electron chi connectivity index (χ0n) is 7.92. The van der Waals surface area contributed by atoms with Crippen LogP contribution in [0.5, 0.6) is 0 Å². The highest BCUT2D eigenvalue weighted by Crippen LogP contribution is 2.44. The molecule has 2 nitrogen and oxygen atoms in total. The van der Waals surface area contributed by atoms with E-state index in [9.17, 15) is 4.79 Å². The van der Waals surface area contributed by atoms with Crippen molar-refractivity contribution in [3.63, 3.8) is 0 Å². The number of cyclic esters (lactones) is 1. The molecular formula is C9H16O2S. The largest absolute Gasteiger partial charge is 0.447 e. The van der Waals surface area contributed by atoms with E-state index >= 15 is 0 Å². The summed E-state index contributed by atoms with van der Waals surface area (Å²) >= 11 is 1.67. The Hall–Kier alpha value is -0.180. The van der Waals surface area contributed by atoms with E-state index in [0.29, 0.717) is 0 Å². The quantitative estimate of drug-likeness (QED) is 0.637. The third-order valence-corrected chi connectivity index (χ3v) is 3.73. The maximum atomic E-state index is 11.2. The fourth-order valence-electron chi connectivity index (χ4n) is 1.48. The van der Waals surface area contributed by atoms with Crippen LogP contribution in [-0.4, -0.2) is 16.2 Å². The Morgan fingerprint density at radius 2 is 2.25 bits per heavy atom. The van der Waals surface area contributed by atoms with Crippen LogP contribution in [0.2, 0.25) is 0 Å². The van der Waals surface area contributed by atoms with Crippen molar-refractivity contribution in [2.45, 2.75) is 50.2 Å². The number of thioether (sulfide) groups is 1. The average Bonchev–Trinajstić information content (AvgIpc) is 2.30. The first kappa shape index (κ1) is 9.90. The predicted molar refractivity (Wildman–Crippen MR) is 51.1 cm³/mol. The van der Waals surface area contributed by atoms with Gasteiger partial charge in [-0.05, 0) is 19.8 Å². The van der Waals surface area contributed by atoms with Crippen LogP contribution in [0, 0.1) is 0 Å². The summed E-state index contributed by atoms with van der Waals surface area (Å²) in [5.41, 5.74) is 0. The average molecular weight is 188 g/mol. The van der Waals surface area contributed by atoms with Crippen molar-refractivity contribution in [2.24, 2.45) is 0 Å². The molecule has 0 aromatic rings. The molecule has 1 heterocycles. The molecule has 70 valence electrons. The third-order valence-electron chi connectivity index (χ3n) is 2.18. The lowest BCUT2D eigenvalue weighted by Gasteiger charge is -2.24. The van der Waals surface area contributed by atoms with E-state index in [1.807, 2.05) is 6.92 Å². The SMILES string of the molecule is CCCC1(CC)OC(=O)C(C)S1. The number of carbonyl (C=O) groups excluding carboxylic acids is 1. The van der Waals surface area contributed by atoms with Crippen molar-refractivity contribution in [3.05, 3.63) is 0 Å². The molecule has 1 saturated heterocycles. The van der Waals surface area contributed by atoms with E-state index < -0.39 is 0 Å². The summed E-state index contributed by atoms with van der Waals surface area (Å²) in [6.07, 6.45) is 2.96. The van der Waals surface area contributed by atoms with Crippen molar-refractivity contribution in [1.29, 1.82) is 0 Å². The number of ether oxygens (including phenoxy) is 1. The minimum absolute atomic E-state index is 0.0245. The topological polar surface area (TPSA) is 26.3 Å². The molecule has 1 fully saturated rings. The van der Waals surface area contributed by atoms with Crippen LogP contribution in [0.3, 0.4) is 0 Å². The first-order chi connectivity index (χ1) is 5.63. The van der Waals surface area contributed by atoms with Gasteiger partial charge in [-0.15, -0.1) is 0 Å². The molecule has 0 bridgehead atoms. The number of esters is 1. The molecule has 1 rings (SSSR count). The molecule has 0 saturated carbocycles. The number of hydrogen-bond acceptors (Lipinski definition) is 3. The summed E-state index contributed by atoms with van der Waals surface area (Å²) in [6.45, 7) is 6.11. The molecule has 1 aliphatic heterocycles. The van der Waals surface area contributed by atoms with Gasteiger partial charge in [0.2, 0.25) is 0 Å². The van der Waals surface area contributed by atoms with E-state index in [1.54, 1.807) is 11.8 Å². The van der Waals surface area contributed by atoms with Crippen LogP contribution < -0.4 is 0 Å². The van der Waals surface area contributed by atoms with Gasteiger partial charge in [-0.3, -0.25) is 4.79 Å². The van der Waals surface area contributed by atoms with Crippen LogP contribution in [0.4, 0.5) is 0 Å². The van der Waals surface area contributed by atoms with E-state index in [0.717, 1.165) is 19.3 Å². The zero-order valence-corrected chi connectivity index (χ0v) is 8.74. The molecule has 0 N–H and O–H groups in total. The molecule has 2 unspecified atom stereocenters. The highest BCUT2D eigenvalue weighted by atomic mass is 32.2. The molecular weight excluding hydrogens is 172 g/mol. The molecule has 0 spiro atoms. The van der Waals surface area contributed by atoms with Crippen LogP contribution in [0.15, 0.2) is 0 Å². The van der Waals surface area contributed by atoms with Gasteiger partial charge in [-0.1, -0.05) is 32.0 Å². The van der Waals surface area contributed by atoms with Gasteiger partial charge in [-0.25, -0.2) is 0 Å². The lowest BCUT2D eigenvalue weighted by Crippen LogP contribution is -2.23. The van der Waals surface area contributed by atoms with Gasteiger partial charge >= 0.3 is 5.97 Å². The maximum absolute atomic E-state index is 11.2. The van der Waals surface area contributed by atoms with Gasteiger partial charge in [0.05, 0.1) is 0 Å². The van der Waals surface area contributed by atoms with E-state index in [1.165, 1.54) is 0 Å². The summed E-state index contributed by atoms with van der Waals surface area (Å²) in [4.78, 5) is 11.0. The maximum Gasteiger partial charge on any atom is 0.320 e. The minimum atomic E-state index is -0.203. The van der Waals surface area contributed by atoms with Gasteiger partial charge in [-0.2, -0.15) is 0 Å². The molecule has 0 aliphatic carbocycles. The smallest absolute Gasteiger partial charge is 0.320 e. The Balaban J connectivity index is 2.64. The second-order valence-electron chi connectivity index (χ2n) is 3.20. The Labute approximate surface area is 78.1 Å². The second-order valence-corrected chi connectivity index (χ2v) is 4.88. The second kappa shape index (κ2) is 3.69. The molecule has 3 heteroatoms. The van der Waals surface area contributed by atoms with Crippen LogP contribution in [-0.2, 0) is 9.53 Å². The Morgan fingerprint density at radius 1 is 1.58 bits per heavy atom.